The van der Waals surface area contributed by atoms with Gasteiger partial charge in [-0.05, 0) is 12.1 Å². The van der Waals surface area contributed by atoms with E-state index in [-0.39, 0.29) is 11.7 Å². The van der Waals surface area contributed by atoms with Gasteiger partial charge >= 0.3 is 11.7 Å². The molecule has 2 N–H and O–H groups in total. The van der Waals surface area contributed by atoms with Crippen LogP contribution in [0.15, 0.2) is 27.6 Å². The molecule has 106 valence electrons. The average molecular weight is 277 g/mol. The molecule has 0 unspecified atom stereocenters. The van der Waals surface area contributed by atoms with Gasteiger partial charge in [-0.3, -0.25) is 4.57 Å². The SMILES string of the molecule is O=C(NCc1ccco1)N1CCc2n[nH]c(=O)n2CC1. The summed E-state index contributed by atoms with van der Waals surface area (Å²) in [5.41, 5.74) is -0.224. The Bertz CT molecular complexity index is 642. The summed E-state index contributed by atoms with van der Waals surface area (Å²) >= 11 is 0. The minimum absolute atomic E-state index is 0.163. The van der Waals surface area contributed by atoms with Gasteiger partial charge in [0.25, 0.3) is 0 Å². The van der Waals surface area contributed by atoms with E-state index in [4.69, 9.17) is 4.42 Å². The fourth-order valence-electron chi connectivity index (χ4n) is 2.23. The Morgan fingerprint density at radius 1 is 1.45 bits per heavy atom. The van der Waals surface area contributed by atoms with Crippen LogP contribution < -0.4 is 11.0 Å². The second-order valence-corrected chi connectivity index (χ2v) is 4.57. The smallest absolute Gasteiger partial charge is 0.343 e. The molecule has 2 aromatic rings. The summed E-state index contributed by atoms with van der Waals surface area (Å²) in [4.78, 5) is 25.2. The van der Waals surface area contributed by atoms with E-state index >= 15 is 0 Å². The van der Waals surface area contributed by atoms with Crippen LogP contribution in [0.1, 0.15) is 11.6 Å². The van der Waals surface area contributed by atoms with E-state index in [2.05, 4.69) is 15.5 Å². The topological polar surface area (TPSA) is 96.2 Å². The first-order valence-electron chi connectivity index (χ1n) is 6.43. The Morgan fingerprint density at radius 2 is 2.35 bits per heavy atom. The van der Waals surface area contributed by atoms with Gasteiger partial charge in [0.1, 0.15) is 11.6 Å². The molecule has 1 aliphatic heterocycles. The number of furan rings is 1. The third-order valence-corrected chi connectivity index (χ3v) is 3.32. The first-order chi connectivity index (χ1) is 9.74. The Morgan fingerprint density at radius 3 is 3.15 bits per heavy atom. The largest absolute Gasteiger partial charge is 0.467 e. The number of nitrogens with zero attached hydrogens (tertiary/aromatic N) is 3. The highest BCUT2D eigenvalue weighted by Crippen LogP contribution is 2.04. The molecule has 8 nitrogen and oxygen atoms in total. The maximum Gasteiger partial charge on any atom is 0.343 e. The van der Waals surface area contributed by atoms with E-state index in [1.807, 2.05) is 0 Å². The summed E-state index contributed by atoms with van der Waals surface area (Å²) in [6.45, 7) is 1.83. The van der Waals surface area contributed by atoms with E-state index in [0.29, 0.717) is 44.2 Å². The molecule has 0 aromatic carbocycles. The number of hydrogen-bond donors (Lipinski definition) is 2. The van der Waals surface area contributed by atoms with Crippen molar-refractivity contribution in [3.8, 4) is 0 Å². The molecule has 3 rings (SSSR count). The fraction of sp³-hybridized carbons (Fsp3) is 0.417. The Hall–Kier alpha value is -2.51. The number of nitrogens with one attached hydrogen (secondary N) is 2. The molecule has 0 aliphatic carbocycles. The number of amides is 2. The summed E-state index contributed by atoms with van der Waals surface area (Å²) in [5.74, 6) is 1.40. The van der Waals surface area contributed by atoms with E-state index in [1.165, 1.54) is 0 Å². The van der Waals surface area contributed by atoms with Crippen LogP contribution in [0.5, 0.6) is 0 Å². The number of urea groups is 1. The van der Waals surface area contributed by atoms with Crippen LogP contribution >= 0.6 is 0 Å². The van der Waals surface area contributed by atoms with Crippen molar-refractivity contribution in [2.45, 2.75) is 19.5 Å². The summed E-state index contributed by atoms with van der Waals surface area (Å²) in [7, 11) is 0. The van der Waals surface area contributed by atoms with Gasteiger partial charge in [0.05, 0.1) is 12.8 Å². The number of aromatic amines is 1. The van der Waals surface area contributed by atoms with Gasteiger partial charge in [-0.25, -0.2) is 14.7 Å². The van der Waals surface area contributed by atoms with Crippen LogP contribution in [-0.2, 0) is 19.5 Å². The zero-order chi connectivity index (χ0) is 13.9. The molecule has 8 heteroatoms. The van der Waals surface area contributed by atoms with Crippen LogP contribution in [-0.4, -0.2) is 38.8 Å². The summed E-state index contributed by atoms with van der Waals surface area (Å²) < 4.78 is 6.73. The molecule has 2 aromatic heterocycles. The monoisotopic (exact) mass is 277 g/mol. The minimum Gasteiger partial charge on any atom is -0.467 e. The first kappa shape index (κ1) is 12.5. The molecule has 1 aliphatic rings. The fourth-order valence-corrected chi connectivity index (χ4v) is 2.23. The summed E-state index contributed by atoms with van der Waals surface area (Å²) in [6.07, 6.45) is 2.13. The van der Waals surface area contributed by atoms with Crippen LogP contribution in [0.3, 0.4) is 0 Å². The molecule has 2 amide bonds. The van der Waals surface area contributed by atoms with Gasteiger partial charge in [-0.1, -0.05) is 0 Å². The van der Waals surface area contributed by atoms with Gasteiger partial charge in [-0.15, -0.1) is 0 Å². The van der Waals surface area contributed by atoms with Crippen LogP contribution in [0.25, 0.3) is 0 Å². The number of carbonyl (C=O) groups excluding carboxylic acids is 1. The number of fused-ring (bicyclic) bond motifs is 1. The number of H-pyrrole nitrogens is 1. The van der Waals surface area contributed by atoms with Gasteiger partial charge in [0, 0.05) is 26.1 Å². The van der Waals surface area contributed by atoms with E-state index in [0.717, 1.165) is 0 Å². The lowest BCUT2D eigenvalue weighted by atomic mass is 10.4. The predicted octanol–water partition coefficient (Wildman–Crippen LogP) is -0.0677. The molecular formula is C12H15N5O3. The molecule has 0 bridgehead atoms. The van der Waals surface area contributed by atoms with Gasteiger partial charge in [-0.2, -0.15) is 5.10 Å². The van der Waals surface area contributed by atoms with Crippen molar-refractivity contribution in [2.75, 3.05) is 13.1 Å². The zero-order valence-electron chi connectivity index (χ0n) is 10.8. The standard InChI is InChI=1S/C12H15N5O3/c18-11(13-8-9-2-1-7-20-9)16-4-3-10-14-15-12(19)17(10)6-5-16/h1-2,7H,3-6,8H2,(H,13,18)(H,15,19). The third-order valence-electron chi connectivity index (χ3n) is 3.32. The number of carbonyl (C=O) groups is 1. The highest BCUT2D eigenvalue weighted by molar-refractivity contribution is 5.74. The lowest BCUT2D eigenvalue weighted by Gasteiger charge is -2.20. The normalized spacial score (nSPS) is 14.7. The highest BCUT2D eigenvalue weighted by Gasteiger charge is 2.20. The minimum atomic E-state index is -0.224. The van der Waals surface area contributed by atoms with Crippen molar-refractivity contribution in [3.63, 3.8) is 0 Å². The molecule has 0 fully saturated rings. The predicted molar refractivity (Wildman–Crippen MR) is 69.1 cm³/mol. The molecular weight excluding hydrogens is 262 g/mol. The number of rotatable bonds is 2. The average Bonchev–Trinajstić information content (AvgIpc) is 3.02. The zero-order valence-corrected chi connectivity index (χ0v) is 10.8. The Kier molecular flexibility index (Phi) is 3.28. The van der Waals surface area contributed by atoms with Crippen molar-refractivity contribution in [3.05, 3.63) is 40.5 Å². The van der Waals surface area contributed by atoms with Crippen LogP contribution in [0.2, 0.25) is 0 Å². The van der Waals surface area contributed by atoms with Crippen LogP contribution in [0, 0.1) is 0 Å². The second-order valence-electron chi connectivity index (χ2n) is 4.57. The van der Waals surface area contributed by atoms with Gasteiger partial charge in [0.15, 0.2) is 0 Å². The van der Waals surface area contributed by atoms with Gasteiger partial charge < -0.3 is 14.6 Å². The van der Waals surface area contributed by atoms with Crippen molar-refractivity contribution in [1.29, 1.82) is 0 Å². The molecule has 0 radical (unpaired) electrons. The third kappa shape index (κ3) is 2.44. The Labute approximate surface area is 114 Å². The van der Waals surface area contributed by atoms with Crippen molar-refractivity contribution < 1.29 is 9.21 Å². The van der Waals surface area contributed by atoms with Crippen LogP contribution in [0.4, 0.5) is 4.79 Å². The quantitative estimate of drug-likeness (QED) is 0.803. The lowest BCUT2D eigenvalue weighted by molar-refractivity contribution is 0.197. The maximum atomic E-state index is 12.1. The van der Waals surface area contributed by atoms with Crippen molar-refractivity contribution in [2.24, 2.45) is 0 Å². The summed E-state index contributed by atoms with van der Waals surface area (Å²) in [6, 6.07) is 3.42. The lowest BCUT2D eigenvalue weighted by Crippen LogP contribution is -2.41. The molecule has 20 heavy (non-hydrogen) atoms. The number of aromatic nitrogens is 3. The van der Waals surface area contributed by atoms with E-state index in [9.17, 15) is 9.59 Å². The highest BCUT2D eigenvalue weighted by atomic mass is 16.3. The van der Waals surface area contributed by atoms with E-state index in [1.54, 1.807) is 27.9 Å². The molecule has 0 spiro atoms. The molecule has 0 saturated carbocycles. The van der Waals surface area contributed by atoms with E-state index < -0.39 is 0 Å². The van der Waals surface area contributed by atoms with Gasteiger partial charge in [0.2, 0.25) is 0 Å². The Balaban J connectivity index is 1.59. The molecule has 0 atom stereocenters. The number of hydrogen-bond acceptors (Lipinski definition) is 4. The van der Waals surface area contributed by atoms with Crippen molar-refractivity contribution >= 4 is 6.03 Å². The second kappa shape index (κ2) is 5.24. The molecule has 3 heterocycles. The molecule has 0 saturated heterocycles. The van der Waals surface area contributed by atoms with Crippen molar-refractivity contribution in [1.82, 2.24) is 25.0 Å². The summed E-state index contributed by atoms with van der Waals surface area (Å²) in [5, 5.41) is 9.16. The maximum absolute atomic E-state index is 12.1. The first-order valence-corrected chi connectivity index (χ1v) is 6.43.